The average Bonchev–Trinajstić information content (AvgIpc) is 3.11. The molecule has 2 rings (SSSR count). The van der Waals surface area contributed by atoms with Crippen LogP contribution >= 0.6 is 23.8 Å². The van der Waals surface area contributed by atoms with Gasteiger partial charge in [0.15, 0.2) is 5.11 Å². The van der Waals surface area contributed by atoms with E-state index in [9.17, 15) is 4.79 Å². The van der Waals surface area contributed by atoms with E-state index < -0.39 is 0 Å². The number of hydrogen-bond acceptors (Lipinski definition) is 6. The van der Waals surface area contributed by atoms with Gasteiger partial charge in [-0.25, -0.2) is 5.01 Å². The number of carbonyl (C=O) groups is 1. The van der Waals surface area contributed by atoms with Crippen molar-refractivity contribution in [1.29, 1.82) is 0 Å². The molecular formula is C12H19N5O2S2. The molecule has 0 atom stereocenters. The van der Waals surface area contributed by atoms with Crippen molar-refractivity contribution < 1.29 is 9.53 Å². The summed E-state index contributed by atoms with van der Waals surface area (Å²) in [5.74, 6) is -0.0824. The lowest BCUT2D eigenvalue weighted by Gasteiger charge is -2.29. The van der Waals surface area contributed by atoms with Crippen LogP contribution in [0.2, 0.25) is 0 Å². The lowest BCUT2D eigenvalue weighted by Crippen LogP contribution is -2.49. The van der Waals surface area contributed by atoms with Gasteiger partial charge in [-0.1, -0.05) is 4.49 Å². The molecule has 7 nitrogen and oxygen atoms in total. The van der Waals surface area contributed by atoms with E-state index in [1.807, 2.05) is 5.01 Å². The predicted molar refractivity (Wildman–Crippen MR) is 84.1 cm³/mol. The number of amides is 1. The van der Waals surface area contributed by atoms with Crippen LogP contribution in [0.15, 0.2) is 0 Å². The Bertz CT molecular complexity index is 508. The lowest BCUT2D eigenvalue weighted by atomic mass is 10.3. The van der Waals surface area contributed by atoms with Gasteiger partial charge < -0.3 is 10.1 Å². The number of ether oxygens (including phenoxy) is 1. The second-order valence-electron chi connectivity index (χ2n) is 4.67. The van der Waals surface area contributed by atoms with E-state index in [0.29, 0.717) is 28.8 Å². The standard InChI is InChI=1S/C12H19N5O2S2/c1-9-10(21-15-14-9)11(18)16-6-4-7-17(16)12(20)13-5-3-8-19-2/h3-8H2,1-2H3,(H,13,20). The first-order valence-corrected chi connectivity index (χ1v) is 7.98. The first-order chi connectivity index (χ1) is 10.1. The van der Waals surface area contributed by atoms with Crippen molar-refractivity contribution in [2.45, 2.75) is 19.8 Å². The monoisotopic (exact) mass is 329 g/mol. The van der Waals surface area contributed by atoms with Crippen molar-refractivity contribution in [2.75, 3.05) is 33.4 Å². The number of methoxy groups -OCH3 is 1. The number of thiocarbonyl (C=S) groups is 1. The summed E-state index contributed by atoms with van der Waals surface area (Å²) in [5.41, 5.74) is 0.663. The van der Waals surface area contributed by atoms with E-state index in [-0.39, 0.29) is 5.91 Å². The van der Waals surface area contributed by atoms with Crippen LogP contribution < -0.4 is 5.32 Å². The smallest absolute Gasteiger partial charge is 0.286 e. The maximum absolute atomic E-state index is 12.5. The summed E-state index contributed by atoms with van der Waals surface area (Å²) in [5, 5.41) is 11.1. The first kappa shape index (κ1) is 16.1. The summed E-state index contributed by atoms with van der Waals surface area (Å²) < 4.78 is 8.81. The van der Waals surface area contributed by atoms with Crippen molar-refractivity contribution in [3.05, 3.63) is 10.6 Å². The fourth-order valence-electron chi connectivity index (χ4n) is 2.08. The number of hydrazine groups is 1. The van der Waals surface area contributed by atoms with Crippen LogP contribution in [0.4, 0.5) is 0 Å². The fraction of sp³-hybridized carbons (Fsp3) is 0.667. The Hall–Kier alpha value is -1.32. The molecule has 0 unspecified atom stereocenters. The summed E-state index contributed by atoms with van der Waals surface area (Å²) in [6.07, 6.45) is 1.77. The van der Waals surface area contributed by atoms with E-state index in [4.69, 9.17) is 17.0 Å². The zero-order valence-corrected chi connectivity index (χ0v) is 13.8. The zero-order valence-electron chi connectivity index (χ0n) is 12.2. The highest BCUT2D eigenvalue weighted by Gasteiger charge is 2.31. The summed E-state index contributed by atoms with van der Waals surface area (Å²) in [4.78, 5) is 13.1. The third-order valence-corrected chi connectivity index (χ3v) is 4.32. The molecule has 1 saturated heterocycles. The van der Waals surface area contributed by atoms with Crippen LogP contribution in [0, 0.1) is 6.92 Å². The molecule has 0 spiro atoms. The van der Waals surface area contributed by atoms with Gasteiger partial charge >= 0.3 is 0 Å². The largest absolute Gasteiger partial charge is 0.385 e. The molecule has 1 amide bonds. The fourth-order valence-corrected chi connectivity index (χ4v) is 2.98. The van der Waals surface area contributed by atoms with E-state index in [1.54, 1.807) is 19.0 Å². The molecule has 2 heterocycles. The van der Waals surface area contributed by atoms with Crippen molar-refractivity contribution in [1.82, 2.24) is 24.9 Å². The van der Waals surface area contributed by atoms with Gasteiger partial charge in [-0.15, -0.1) is 5.10 Å². The highest BCUT2D eigenvalue weighted by atomic mass is 32.1. The molecule has 0 saturated carbocycles. The molecule has 1 N–H and O–H groups in total. The van der Waals surface area contributed by atoms with Crippen LogP contribution in [0.3, 0.4) is 0 Å². The first-order valence-electron chi connectivity index (χ1n) is 6.80. The van der Waals surface area contributed by atoms with Gasteiger partial charge in [-0.3, -0.25) is 9.80 Å². The molecular weight excluding hydrogens is 310 g/mol. The van der Waals surface area contributed by atoms with Gasteiger partial charge in [0, 0.05) is 33.4 Å². The van der Waals surface area contributed by atoms with Gasteiger partial charge in [-0.05, 0) is 43.5 Å². The Morgan fingerprint density at radius 3 is 2.90 bits per heavy atom. The average molecular weight is 329 g/mol. The third kappa shape index (κ3) is 3.86. The maximum atomic E-state index is 12.5. The molecule has 0 aromatic carbocycles. The zero-order chi connectivity index (χ0) is 15.2. The molecule has 0 aliphatic carbocycles. The summed E-state index contributed by atoms with van der Waals surface area (Å²) in [6, 6.07) is 0. The molecule has 0 radical (unpaired) electrons. The van der Waals surface area contributed by atoms with Gasteiger partial charge in [-0.2, -0.15) is 0 Å². The maximum Gasteiger partial charge on any atom is 0.286 e. The van der Waals surface area contributed by atoms with Crippen molar-refractivity contribution in [3.8, 4) is 0 Å². The van der Waals surface area contributed by atoms with E-state index >= 15 is 0 Å². The lowest BCUT2D eigenvalue weighted by molar-refractivity contribution is 0.0495. The molecule has 1 fully saturated rings. The molecule has 116 valence electrons. The minimum absolute atomic E-state index is 0.0824. The quantitative estimate of drug-likeness (QED) is 0.633. The molecule has 1 aliphatic rings. The van der Waals surface area contributed by atoms with Gasteiger partial charge in [0.25, 0.3) is 5.91 Å². The van der Waals surface area contributed by atoms with Crippen LogP contribution in [0.25, 0.3) is 0 Å². The highest BCUT2D eigenvalue weighted by Crippen LogP contribution is 2.18. The van der Waals surface area contributed by atoms with Crippen molar-refractivity contribution >= 4 is 34.8 Å². The number of carbonyl (C=O) groups excluding carboxylic acids is 1. The molecule has 21 heavy (non-hydrogen) atoms. The Balaban J connectivity index is 1.95. The van der Waals surface area contributed by atoms with E-state index in [0.717, 1.165) is 37.5 Å². The van der Waals surface area contributed by atoms with Crippen LogP contribution in [-0.4, -0.2) is 64.0 Å². The van der Waals surface area contributed by atoms with Crippen LogP contribution in [0.1, 0.15) is 28.2 Å². The van der Waals surface area contributed by atoms with Crippen LogP contribution in [0.5, 0.6) is 0 Å². The van der Waals surface area contributed by atoms with Crippen molar-refractivity contribution in [2.24, 2.45) is 0 Å². The van der Waals surface area contributed by atoms with E-state index in [1.165, 1.54) is 0 Å². The molecule has 1 aliphatic heterocycles. The second-order valence-corrected chi connectivity index (χ2v) is 5.81. The number of nitrogens with one attached hydrogen (secondary N) is 1. The van der Waals surface area contributed by atoms with E-state index in [2.05, 4.69) is 14.9 Å². The molecule has 1 aromatic rings. The molecule has 0 bridgehead atoms. The highest BCUT2D eigenvalue weighted by molar-refractivity contribution is 7.80. The van der Waals surface area contributed by atoms with Gasteiger partial charge in [0.2, 0.25) is 0 Å². The number of aromatic nitrogens is 2. The topological polar surface area (TPSA) is 70.6 Å². The number of aryl methyl sites for hydroxylation is 1. The van der Waals surface area contributed by atoms with Crippen molar-refractivity contribution in [3.63, 3.8) is 0 Å². The normalized spacial score (nSPS) is 14.6. The summed E-state index contributed by atoms with van der Waals surface area (Å²) in [7, 11) is 1.67. The Morgan fingerprint density at radius 2 is 2.24 bits per heavy atom. The third-order valence-electron chi connectivity index (χ3n) is 3.15. The predicted octanol–water partition coefficient (Wildman–Crippen LogP) is 0.820. The Morgan fingerprint density at radius 1 is 1.48 bits per heavy atom. The number of hydrogen-bond donors (Lipinski definition) is 1. The summed E-state index contributed by atoms with van der Waals surface area (Å²) in [6.45, 7) is 4.61. The summed E-state index contributed by atoms with van der Waals surface area (Å²) >= 11 is 6.50. The minimum Gasteiger partial charge on any atom is -0.385 e. The SMILES string of the molecule is COCCCNC(=S)N1CCCN1C(=O)c1snnc1C. The number of nitrogens with zero attached hydrogens (tertiary/aromatic N) is 4. The second kappa shape index (κ2) is 7.62. The van der Waals surface area contributed by atoms with Gasteiger partial charge in [0.05, 0.1) is 5.69 Å². The Kier molecular flexibility index (Phi) is 5.83. The number of rotatable bonds is 5. The van der Waals surface area contributed by atoms with Gasteiger partial charge in [0.1, 0.15) is 4.88 Å². The molecule has 9 heteroatoms. The minimum atomic E-state index is -0.0824. The molecule has 1 aromatic heterocycles. The van der Waals surface area contributed by atoms with Crippen LogP contribution in [-0.2, 0) is 4.74 Å². The Labute approximate surface area is 133 Å².